The van der Waals surface area contributed by atoms with E-state index in [1.807, 2.05) is 0 Å². The fraction of sp³-hybridized carbons (Fsp3) is 0.0714. The summed E-state index contributed by atoms with van der Waals surface area (Å²) in [5.41, 5.74) is 0.801. The van der Waals surface area contributed by atoms with Gasteiger partial charge in [-0.15, -0.1) is 0 Å². The first-order valence-corrected chi connectivity index (χ1v) is 6.35. The number of nitro groups is 1. The molecule has 0 saturated carbocycles. The number of halogens is 1. The van der Waals surface area contributed by atoms with Crippen molar-refractivity contribution in [2.75, 3.05) is 0 Å². The molecule has 0 unspecified atom stereocenters. The van der Waals surface area contributed by atoms with E-state index in [1.54, 1.807) is 12.1 Å². The maximum Gasteiger partial charge on any atom is 0.270 e. The Labute approximate surface area is 125 Å². The fourth-order valence-electron chi connectivity index (χ4n) is 1.69. The van der Waals surface area contributed by atoms with Gasteiger partial charge in [0.1, 0.15) is 5.75 Å². The van der Waals surface area contributed by atoms with Gasteiger partial charge in [-0.2, -0.15) is 0 Å². The van der Waals surface area contributed by atoms with Gasteiger partial charge in [0.25, 0.3) is 11.6 Å². The van der Waals surface area contributed by atoms with Crippen LogP contribution in [-0.4, -0.2) is 15.9 Å². The van der Waals surface area contributed by atoms with Crippen LogP contribution in [-0.2, 0) is 6.54 Å². The maximum absolute atomic E-state index is 12.0. The van der Waals surface area contributed by atoms with Gasteiger partial charge in [0.15, 0.2) is 0 Å². The number of hydrogen-bond acceptors (Lipinski definition) is 4. The van der Waals surface area contributed by atoms with Gasteiger partial charge in [-0.3, -0.25) is 14.9 Å². The maximum atomic E-state index is 12.0. The van der Waals surface area contributed by atoms with Crippen molar-refractivity contribution in [2.24, 2.45) is 0 Å². The van der Waals surface area contributed by atoms with Gasteiger partial charge < -0.3 is 10.4 Å². The van der Waals surface area contributed by atoms with E-state index >= 15 is 0 Å². The van der Waals surface area contributed by atoms with Gasteiger partial charge in [0, 0.05) is 18.7 Å². The molecule has 0 aromatic heterocycles. The molecule has 0 saturated heterocycles. The molecule has 0 radical (unpaired) electrons. The summed E-state index contributed by atoms with van der Waals surface area (Å²) < 4.78 is 0. The summed E-state index contributed by atoms with van der Waals surface area (Å²) in [5.74, 6) is -0.286. The molecule has 0 aliphatic carbocycles. The number of aromatic hydroxyl groups is 1. The minimum absolute atomic E-state index is 0.0207. The highest BCUT2D eigenvalue weighted by molar-refractivity contribution is 6.34. The second-order valence-electron chi connectivity index (χ2n) is 4.27. The van der Waals surface area contributed by atoms with Gasteiger partial charge in [0.2, 0.25) is 0 Å². The Bertz CT molecular complexity index is 686. The van der Waals surface area contributed by atoms with Crippen LogP contribution >= 0.6 is 11.6 Å². The van der Waals surface area contributed by atoms with Crippen molar-refractivity contribution >= 4 is 23.2 Å². The van der Waals surface area contributed by atoms with Crippen LogP contribution in [0.2, 0.25) is 5.02 Å². The SMILES string of the molecule is O=C(NCc1ccc(O)cc1)c1ccc([N+](=O)[O-])cc1Cl. The highest BCUT2D eigenvalue weighted by atomic mass is 35.5. The van der Waals surface area contributed by atoms with Crippen LogP contribution < -0.4 is 5.32 Å². The molecule has 0 heterocycles. The number of carbonyl (C=O) groups excluding carboxylic acids is 1. The van der Waals surface area contributed by atoms with Gasteiger partial charge in [-0.25, -0.2) is 0 Å². The van der Waals surface area contributed by atoms with Crippen molar-refractivity contribution in [3.05, 3.63) is 68.7 Å². The molecule has 0 atom stereocenters. The van der Waals surface area contributed by atoms with E-state index in [0.29, 0.717) is 0 Å². The molecule has 2 N–H and O–H groups in total. The Morgan fingerprint density at radius 3 is 2.48 bits per heavy atom. The molecular weight excluding hydrogens is 296 g/mol. The summed E-state index contributed by atoms with van der Waals surface area (Å²) in [4.78, 5) is 22.0. The number of rotatable bonds is 4. The Balaban J connectivity index is 2.06. The molecule has 0 fully saturated rings. The summed E-state index contributed by atoms with van der Waals surface area (Å²) in [7, 11) is 0. The van der Waals surface area contributed by atoms with Crippen molar-refractivity contribution in [1.29, 1.82) is 0 Å². The summed E-state index contributed by atoms with van der Waals surface area (Å²) in [6.07, 6.45) is 0. The first-order valence-electron chi connectivity index (χ1n) is 5.97. The van der Waals surface area contributed by atoms with E-state index in [0.717, 1.165) is 11.6 Å². The minimum atomic E-state index is -0.579. The predicted octanol–water partition coefficient (Wildman–Crippen LogP) is 2.88. The molecule has 6 nitrogen and oxygen atoms in total. The van der Waals surface area contributed by atoms with Crippen LogP contribution in [0.15, 0.2) is 42.5 Å². The van der Waals surface area contributed by atoms with Crippen molar-refractivity contribution < 1.29 is 14.8 Å². The first-order chi connectivity index (χ1) is 9.97. The molecule has 0 spiro atoms. The Morgan fingerprint density at radius 1 is 1.24 bits per heavy atom. The van der Waals surface area contributed by atoms with E-state index in [4.69, 9.17) is 16.7 Å². The van der Waals surface area contributed by atoms with Crippen LogP contribution in [0, 0.1) is 10.1 Å². The standard InChI is InChI=1S/C14H11ClN2O4/c15-13-7-10(17(20)21)3-6-12(13)14(19)16-8-9-1-4-11(18)5-2-9/h1-7,18H,8H2,(H,16,19). The average molecular weight is 307 g/mol. The molecule has 1 amide bonds. The van der Waals surface area contributed by atoms with E-state index in [2.05, 4.69) is 5.32 Å². The van der Waals surface area contributed by atoms with Gasteiger partial charge >= 0.3 is 0 Å². The molecule has 108 valence electrons. The molecule has 7 heteroatoms. The van der Waals surface area contributed by atoms with Crippen molar-refractivity contribution in [3.8, 4) is 5.75 Å². The third kappa shape index (κ3) is 3.70. The predicted molar refractivity (Wildman–Crippen MR) is 77.4 cm³/mol. The van der Waals surface area contributed by atoms with Crippen LogP contribution in [0.1, 0.15) is 15.9 Å². The molecule has 0 aliphatic heterocycles. The van der Waals surface area contributed by atoms with Crippen LogP contribution in [0.25, 0.3) is 0 Å². The minimum Gasteiger partial charge on any atom is -0.508 e. The molecule has 0 bridgehead atoms. The van der Waals surface area contributed by atoms with Crippen molar-refractivity contribution in [3.63, 3.8) is 0 Å². The van der Waals surface area contributed by atoms with Crippen molar-refractivity contribution in [2.45, 2.75) is 6.54 Å². The van der Waals surface area contributed by atoms with Gasteiger partial charge in [0.05, 0.1) is 15.5 Å². The largest absolute Gasteiger partial charge is 0.508 e. The number of non-ortho nitro benzene ring substituents is 1. The molecular formula is C14H11ClN2O4. The van der Waals surface area contributed by atoms with E-state index < -0.39 is 10.8 Å². The third-order valence-electron chi connectivity index (χ3n) is 2.80. The molecule has 2 rings (SSSR count). The number of amides is 1. The summed E-state index contributed by atoms with van der Waals surface area (Å²) in [6, 6.07) is 10.0. The first kappa shape index (κ1) is 14.8. The molecule has 0 aliphatic rings. The summed E-state index contributed by atoms with van der Waals surface area (Å²) in [6.45, 7) is 0.256. The van der Waals surface area contributed by atoms with E-state index in [9.17, 15) is 14.9 Å². The summed E-state index contributed by atoms with van der Waals surface area (Å²) in [5, 5.41) is 22.4. The van der Waals surface area contributed by atoms with E-state index in [1.165, 1.54) is 24.3 Å². The van der Waals surface area contributed by atoms with Crippen LogP contribution in [0.3, 0.4) is 0 Å². The lowest BCUT2D eigenvalue weighted by Crippen LogP contribution is -2.23. The number of phenolic OH excluding ortho intramolecular Hbond substituents is 1. The average Bonchev–Trinajstić information content (AvgIpc) is 2.46. The summed E-state index contributed by atoms with van der Waals surface area (Å²) >= 11 is 5.87. The topological polar surface area (TPSA) is 92.5 Å². The zero-order valence-electron chi connectivity index (χ0n) is 10.7. The second-order valence-corrected chi connectivity index (χ2v) is 4.68. The van der Waals surface area contributed by atoms with Gasteiger partial charge in [-0.1, -0.05) is 23.7 Å². The number of benzene rings is 2. The molecule has 2 aromatic carbocycles. The van der Waals surface area contributed by atoms with Crippen molar-refractivity contribution in [1.82, 2.24) is 5.32 Å². The van der Waals surface area contributed by atoms with E-state index in [-0.39, 0.29) is 28.6 Å². The number of nitrogens with zero attached hydrogens (tertiary/aromatic N) is 1. The number of phenols is 1. The van der Waals surface area contributed by atoms with Crippen LogP contribution in [0.4, 0.5) is 5.69 Å². The monoisotopic (exact) mass is 306 g/mol. The Hall–Kier alpha value is -2.60. The quantitative estimate of drug-likeness (QED) is 0.671. The lowest BCUT2D eigenvalue weighted by atomic mass is 10.1. The van der Waals surface area contributed by atoms with Crippen LogP contribution in [0.5, 0.6) is 5.75 Å². The lowest BCUT2D eigenvalue weighted by molar-refractivity contribution is -0.384. The number of hydrogen-bond donors (Lipinski definition) is 2. The number of carbonyl (C=O) groups is 1. The highest BCUT2D eigenvalue weighted by Crippen LogP contribution is 2.22. The lowest BCUT2D eigenvalue weighted by Gasteiger charge is -2.07. The smallest absolute Gasteiger partial charge is 0.270 e. The highest BCUT2D eigenvalue weighted by Gasteiger charge is 2.14. The Morgan fingerprint density at radius 2 is 1.90 bits per heavy atom. The normalized spacial score (nSPS) is 10.1. The molecule has 2 aromatic rings. The molecule has 21 heavy (non-hydrogen) atoms. The second kappa shape index (κ2) is 6.23. The zero-order chi connectivity index (χ0) is 15.4. The Kier molecular flexibility index (Phi) is 4.39. The van der Waals surface area contributed by atoms with Gasteiger partial charge in [-0.05, 0) is 23.8 Å². The number of nitro benzene ring substituents is 1. The third-order valence-corrected chi connectivity index (χ3v) is 3.11. The number of nitrogens with one attached hydrogen (secondary N) is 1. The zero-order valence-corrected chi connectivity index (χ0v) is 11.5. The fourth-order valence-corrected chi connectivity index (χ4v) is 1.95.